The van der Waals surface area contributed by atoms with Crippen LogP contribution in [0.1, 0.15) is 36.2 Å². The van der Waals surface area contributed by atoms with Crippen LogP contribution in [-0.4, -0.2) is 24.2 Å². The van der Waals surface area contributed by atoms with Gasteiger partial charge in [-0.2, -0.15) is 0 Å². The molecule has 1 fully saturated rings. The maximum Gasteiger partial charge on any atom is 0.252 e. The number of hydrogen-bond acceptors (Lipinski definition) is 2. The molecule has 106 valence electrons. The van der Waals surface area contributed by atoms with Crippen LogP contribution in [0.3, 0.4) is 0 Å². The summed E-state index contributed by atoms with van der Waals surface area (Å²) >= 11 is 0. The molecule has 2 N–H and O–H groups in total. The van der Waals surface area contributed by atoms with Crippen LogP contribution >= 0.6 is 0 Å². The Morgan fingerprint density at radius 2 is 2.25 bits per heavy atom. The van der Waals surface area contributed by atoms with Gasteiger partial charge in [-0.1, -0.05) is 25.7 Å². The lowest BCUT2D eigenvalue weighted by Crippen LogP contribution is -2.27. The summed E-state index contributed by atoms with van der Waals surface area (Å²) in [5, 5.41) is 11.6. The van der Waals surface area contributed by atoms with Gasteiger partial charge in [-0.25, -0.2) is 4.39 Å². The van der Waals surface area contributed by atoms with E-state index < -0.39 is 5.82 Å². The first kappa shape index (κ1) is 14.5. The highest BCUT2D eigenvalue weighted by Gasteiger charge is 2.45. The number of nitrogens with one attached hydrogen (secondary N) is 1. The van der Waals surface area contributed by atoms with Crippen LogP contribution in [0, 0.1) is 29.0 Å². The number of carbonyl (C=O) groups excluding carboxylic acids is 1. The third-order valence-corrected chi connectivity index (χ3v) is 3.75. The van der Waals surface area contributed by atoms with Crippen molar-refractivity contribution in [3.63, 3.8) is 0 Å². The molecule has 1 amide bonds. The van der Waals surface area contributed by atoms with Gasteiger partial charge < -0.3 is 10.4 Å². The van der Waals surface area contributed by atoms with Crippen LogP contribution in [-0.2, 0) is 0 Å². The highest BCUT2D eigenvalue weighted by molar-refractivity contribution is 5.96. The molecule has 0 heterocycles. The summed E-state index contributed by atoms with van der Waals surface area (Å²) in [4.78, 5) is 12.1. The average molecular weight is 275 g/mol. The number of halogens is 1. The summed E-state index contributed by atoms with van der Waals surface area (Å²) in [5.74, 6) is 4.83. The van der Waals surface area contributed by atoms with Gasteiger partial charge in [0.15, 0.2) is 0 Å². The van der Waals surface area contributed by atoms with E-state index in [4.69, 9.17) is 5.11 Å². The number of carbonyl (C=O) groups is 1. The zero-order chi connectivity index (χ0) is 14.8. The number of aliphatic hydroxyl groups excluding tert-OH is 1. The molecule has 0 saturated heterocycles. The summed E-state index contributed by atoms with van der Waals surface area (Å²) < 4.78 is 13.2. The maximum absolute atomic E-state index is 13.2. The Labute approximate surface area is 118 Å². The molecule has 4 heteroatoms. The molecule has 20 heavy (non-hydrogen) atoms. The predicted octanol–water partition coefficient (Wildman–Crippen LogP) is 1.95. The second-order valence-electron chi connectivity index (χ2n) is 5.75. The van der Waals surface area contributed by atoms with Crippen LogP contribution in [0.5, 0.6) is 0 Å². The van der Waals surface area contributed by atoms with Crippen molar-refractivity contribution in [1.82, 2.24) is 5.32 Å². The largest absolute Gasteiger partial charge is 0.384 e. The van der Waals surface area contributed by atoms with Crippen molar-refractivity contribution in [2.75, 3.05) is 13.2 Å². The second-order valence-corrected chi connectivity index (χ2v) is 5.75. The van der Waals surface area contributed by atoms with Crippen molar-refractivity contribution in [1.29, 1.82) is 0 Å². The molecule has 1 unspecified atom stereocenters. The van der Waals surface area contributed by atoms with Gasteiger partial charge in [-0.05, 0) is 36.0 Å². The monoisotopic (exact) mass is 275 g/mol. The van der Waals surface area contributed by atoms with Crippen molar-refractivity contribution in [3.8, 4) is 11.8 Å². The smallest absolute Gasteiger partial charge is 0.252 e. The minimum absolute atomic E-state index is 0.255. The van der Waals surface area contributed by atoms with Gasteiger partial charge in [0.1, 0.15) is 12.4 Å². The van der Waals surface area contributed by atoms with Crippen LogP contribution in [0.4, 0.5) is 4.39 Å². The number of benzene rings is 1. The zero-order valence-corrected chi connectivity index (χ0v) is 11.7. The van der Waals surface area contributed by atoms with E-state index in [1.165, 1.54) is 18.2 Å². The predicted molar refractivity (Wildman–Crippen MR) is 74.6 cm³/mol. The Balaban J connectivity index is 2.09. The van der Waals surface area contributed by atoms with E-state index in [0.717, 1.165) is 6.42 Å². The molecule has 0 aromatic heterocycles. The first-order chi connectivity index (χ1) is 9.44. The minimum atomic E-state index is -0.452. The van der Waals surface area contributed by atoms with Crippen LogP contribution in [0.15, 0.2) is 18.2 Å². The molecule has 1 aromatic rings. The Bertz CT molecular complexity index is 584. The molecule has 0 aliphatic heterocycles. The molecule has 0 bridgehead atoms. The highest BCUT2D eigenvalue weighted by Crippen LogP contribution is 2.50. The quantitative estimate of drug-likeness (QED) is 0.828. The summed E-state index contributed by atoms with van der Waals surface area (Å²) in [6.07, 6.45) is 1.11. The fourth-order valence-corrected chi connectivity index (χ4v) is 2.19. The van der Waals surface area contributed by atoms with Crippen molar-refractivity contribution >= 4 is 5.91 Å². The maximum atomic E-state index is 13.2. The Hall–Kier alpha value is -1.86. The fourth-order valence-electron chi connectivity index (χ4n) is 2.19. The van der Waals surface area contributed by atoms with E-state index in [1.807, 2.05) is 0 Å². The zero-order valence-electron chi connectivity index (χ0n) is 11.7. The van der Waals surface area contributed by atoms with Crippen LogP contribution < -0.4 is 5.32 Å². The van der Waals surface area contributed by atoms with Gasteiger partial charge in [0.25, 0.3) is 5.91 Å². The molecule has 0 radical (unpaired) electrons. The standard InChI is InChI=1S/C16H18FNO2/c1-16(2)9-12(16)10-18-15(20)14-6-5-13(17)8-11(14)4-3-7-19/h5-6,8,12,19H,7,9-10H2,1-2H3,(H,18,20). The normalized spacial score (nSPS) is 18.9. The molecule has 1 saturated carbocycles. The summed E-state index contributed by atoms with van der Waals surface area (Å²) in [6.45, 7) is 4.63. The molecule has 2 rings (SSSR count). The molecular weight excluding hydrogens is 257 g/mol. The average Bonchev–Trinajstić information content (AvgIpc) is 3.01. The van der Waals surface area contributed by atoms with E-state index >= 15 is 0 Å². The third kappa shape index (κ3) is 3.37. The number of aliphatic hydroxyl groups is 1. The first-order valence-electron chi connectivity index (χ1n) is 6.61. The summed E-state index contributed by atoms with van der Waals surface area (Å²) in [6, 6.07) is 3.86. The lowest BCUT2D eigenvalue weighted by Gasteiger charge is -2.08. The Morgan fingerprint density at radius 3 is 2.85 bits per heavy atom. The van der Waals surface area contributed by atoms with Crippen molar-refractivity contribution < 1.29 is 14.3 Å². The van der Waals surface area contributed by atoms with Crippen molar-refractivity contribution in [3.05, 3.63) is 35.1 Å². The molecule has 1 aliphatic rings. The van der Waals surface area contributed by atoms with Gasteiger partial charge in [-0.3, -0.25) is 4.79 Å². The van der Waals surface area contributed by atoms with E-state index in [1.54, 1.807) is 0 Å². The lowest BCUT2D eigenvalue weighted by atomic mass is 10.1. The molecule has 3 nitrogen and oxygen atoms in total. The third-order valence-electron chi connectivity index (χ3n) is 3.75. The molecular formula is C16H18FNO2. The van der Waals surface area contributed by atoms with E-state index in [2.05, 4.69) is 31.0 Å². The minimum Gasteiger partial charge on any atom is -0.384 e. The first-order valence-corrected chi connectivity index (χ1v) is 6.61. The Kier molecular flexibility index (Phi) is 4.10. The topological polar surface area (TPSA) is 49.3 Å². The molecule has 1 atom stereocenters. The molecule has 0 spiro atoms. The number of rotatable bonds is 3. The number of amides is 1. The van der Waals surface area contributed by atoms with E-state index in [-0.39, 0.29) is 12.5 Å². The fraction of sp³-hybridized carbons (Fsp3) is 0.438. The van der Waals surface area contributed by atoms with Gasteiger partial charge in [0.2, 0.25) is 0 Å². The Morgan fingerprint density at radius 1 is 1.55 bits per heavy atom. The summed E-state index contributed by atoms with van der Waals surface area (Å²) in [5.41, 5.74) is 0.938. The van der Waals surface area contributed by atoms with Crippen LogP contribution in [0.2, 0.25) is 0 Å². The van der Waals surface area contributed by atoms with Crippen molar-refractivity contribution in [2.24, 2.45) is 11.3 Å². The SMILES string of the molecule is CC1(C)CC1CNC(=O)c1ccc(F)cc1C#CCO. The van der Waals surface area contributed by atoms with E-state index in [9.17, 15) is 9.18 Å². The molecule has 1 aromatic carbocycles. The van der Waals surface area contributed by atoms with Gasteiger partial charge in [-0.15, -0.1) is 0 Å². The van der Waals surface area contributed by atoms with Gasteiger partial charge >= 0.3 is 0 Å². The second kappa shape index (κ2) is 5.64. The van der Waals surface area contributed by atoms with Crippen molar-refractivity contribution in [2.45, 2.75) is 20.3 Å². The number of hydrogen-bond donors (Lipinski definition) is 2. The van der Waals surface area contributed by atoms with Crippen LogP contribution in [0.25, 0.3) is 0 Å². The van der Waals surface area contributed by atoms with Gasteiger partial charge in [0, 0.05) is 12.1 Å². The highest BCUT2D eigenvalue weighted by atomic mass is 19.1. The van der Waals surface area contributed by atoms with Gasteiger partial charge in [0.05, 0.1) is 5.56 Å². The summed E-state index contributed by atoms with van der Waals surface area (Å²) in [7, 11) is 0. The lowest BCUT2D eigenvalue weighted by molar-refractivity contribution is 0.0950. The molecule has 1 aliphatic carbocycles. The van der Waals surface area contributed by atoms with E-state index in [0.29, 0.717) is 29.0 Å².